The summed E-state index contributed by atoms with van der Waals surface area (Å²) in [6.45, 7) is 1.16. The van der Waals surface area contributed by atoms with Gasteiger partial charge in [-0.2, -0.15) is 0 Å². The van der Waals surface area contributed by atoms with Crippen molar-refractivity contribution in [2.45, 2.75) is 13.0 Å². The number of rotatable bonds is 6. The Morgan fingerprint density at radius 3 is 2.65 bits per heavy atom. The summed E-state index contributed by atoms with van der Waals surface area (Å²) in [5.74, 6) is -0.0575. The van der Waals surface area contributed by atoms with Crippen LogP contribution in [0.25, 0.3) is 0 Å². The molecule has 0 bridgehead atoms. The Bertz CT molecular complexity index is 538. The van der Waals surface area contributed by atoms with Crippen LogP contribution in [0.15, 0.2) is 48.8 Å². The molecule has 20 heavy (non-hydrogen) atoms. The number of aromatic nitrogens is 1. The van der Waals surface area contributed by atoms with Gasteiger partial charge in [-0.25, -0.2) is 0 Å². The smallest absolute Gasteiger partial charge is 0.251 e. The summed E-state index contributed by atoms with van der Waals surface area (Å²) in [4.78, 5) is 16.0. The summed E-state index contributed by atoms with van der Waals surface area (Å²) < 4.78 is 5.04. The standard InChI is InChI=1S/C16H18N2O2/c1-20-12-14-4-6-15(7-5-14)16(19)18-10-8-13-3-2-9-17-11-13/h2-7,9,11H,8,10,12H2,1H3,(H,18,19). The molecule has 4 nitrogen and oxygen atoms in total. The maximum atomic E-state index is 11.9. The van der Waals surface area contributed by atoms with Crippen LogP contribution in [0, 0.1) is 0 Å². The minimum Gasteiger partial charge on any atom is -0.380 e. The summed E-state index contributed by atoms with van der Waals surface area (Å²) >= 11 is 0. The Morgan fingerprint density at radius 2 is 2.00 bits per heavy atom. The number of ether oxygens (including phenoxy) is 1. The Labute approximate surface area is 118 Å². The van der Waals surface area contributed by atoms with E-state index in [1.54, 1.807) is 13.3 Å². The first-order chi connectivity index (χ1) is 9.79. The van der Waals surface area contributed by atoms with E-state index >= 15 is 0 Å². The normalized spacial score (nSPS) is 10.2. The van der Waals surface area contributed by atoms with Crippen LogP contribution in [0.4, 0.5) is 0 Å². The minimum atomic E-state index is -0.0575. The van der Waals surface area contributed by atoms with E-state index in [4.69, 9.17) is 4.74 Å². The molecular weight excluding hydrogens is 252 g/mol. The molecule has 0 unspecified atom stereocenters. The van der Waals surface area contributed by atoms with Gasteiger partial charge in [0.15, 0.2) is 0 Å². The van der Waals surface area contributed by atoms with E-state index in [2.05, 4.69) is 10.3 Å². The second-order valence-corrected chi connectivity index (χ2v) is 4.50. The molecule has 0 aliphatic heterocycles. The fourth-order valence-electron chi connectivity index (χ4n) is 1.89. The fourth-order valence-corrected chi connectivity index (χ4v) is 1.89. The number of pyridine rings is 1. The maximum Gasteiger partial charge on any atom is 0.251 e. The second-order valence-electron chi connectivity index (χ2n) is 4.50. The third-order valence-corrected chi connectivity index (χ3v) is 2.95. The van der Waals surface area contributed by atoms with E-state index in [0.717, 1.165) is 17.5 Å². The molecule has 0 aliphatic carbocycles. The molecule has 1 heterocycles. The van der Waals surface area contributed by atoms with Crippen molar-refractivity contribution in [3.63, 3.8) is 0 Å². The molecule has 1 aromatic carbocycles. The first-order valence-electron chi connectivity index (χ1n) is 6.54. The van der Waals surface area contributed by atoms with Crippen molar-refractivity contribution >= 4 is 5.91 Å². The molecule has 0 saturated heterocycles. The average molecular weight is 270 g/mol. The lowest BCUT2D eigenvalue weighted by Crippen LogP contribution is -2.25. The molecule has 1 aromatic heterocycles. The van der Waals surface area contributed by atoms with Crippen LogP contribution < -0.4 is 5.32 Å². The highest BCUT2D eigenvalue weighted by molar-refractivity contribution is 5.94. The predicted molar refractivity (Wildman–Crippen MR) is 77.4 cm³/mol. The molecule has 0 radical (unpaired) electrons. The van der Waals surface area contributed by atoms with Crippen molar-refractivity contribution in [1.29, 1.82) is 0 Å². The zero-order valence-electron chi connectivity index (χ0n) is 11.5. The SMILES string of the molecule is COCc1ccc(C(=O)NCCc2cccnc2)cc1. The number of nitrogens with one attached hydrogen (secondary N) is 1. The van der Waals surface area contributed by atoms with Gasteiger partial charge in [0.1, 0.15) is 0 Å². The van der Waals surface area contributed by atoms with Crippen LogP contribution in [0.2, 0.25) is 0 Å². The van der Waals surface area contributed by atoms with E-state index in [9.17, 15) is 4.79 Å². The molecule has 0 aliphatic rings. The monoisotopic (exact) mass is 270 g/mol. The van der Waals surface area contributed by atoms with Crippen LogP contribution in [0.5, 0.6) is 0 Å². The Morgan fingerprint density at radius 1 is 1.20 bits per heavy atom. The maximum absolute atomic E-state index is 11.9. The fraction of sp³-hybridized carbons (Fsp3) is 0.250. The first kappa shape index (κ1) is 14.2. The zero-order chi connectivity index (χ0) is 14.2. The minimum absolute atomic E-state index is 0.0575. The van der Waals surface area contributed by atoms with E-state index in [-0.39, 0.29) is 5.91 Å². The molecule has 2 aromatic rings. The van der Waals surface area contributed by atoms with Gasteiger partial charge in [-0.3, -0.25) is 9.78 Å². The molecular formula is C16H18N2O2. The highest BCUT2D eigenvalue weighted by Crippen LogP contribution is 2.05. The van der Waals surface area contributed by atoms with Crippen molar-refractivity contribution in [1.82, 2.24) is 10.3 Å². The zero-order valence-corrected chi connectivity index (χ0v) is 11.5. The topological polar surface area (TPSA) is 51.2 Å². The summed E-state index contributed by atoms with van der Waals surface area (Å²) in [5, 5.41) is 2.90. The van der Waals surface area contributed by atoms with Gasteiger partial charge in [-0.05, 0) is 35.7 Å². The number of hydrogen-bond acceptors (Lipinski definition) is 3. The third-order valence-electron chi connectivity index (χ3n) is 2.95. The number of methoxy groups -OCH3 is 1. The first-order valence-corrected chi connectivity index (χ1v) is 6.54. The van der Waals surface area contributed by atoms with Gasteiger partial charge in [0.25, 0.3) is 5.91 Å². The highest BCUT2D eigenvalue weighted by atomic mass is 16.5. The van der Waals surface area contributed by atoms with Gasteiger partial charge in [0.05, 0.1) is 6.61 Å². The van der Waals surface area contributed by atoms with Crippen LogP contribution in [0.3, 0.4) is 0 Å². The molecule has 0 fully saturated rings. The van der Waals surface area contributed by atoms with Crippen molar-refractivity contribution in [3.05, 3.63) is 65.5 Å². The number of carbonyl (C=O) groups excluding carboxylic acids is 1. The lowest BCUT2D eigenvalue weighted by molar-refractivity contribution is 0.0954. The summed E-state index contributed by atoms with van der Waals surface area (Å²) in [6, 6.07) is 11.3. The Hall–Kier alpha value is -2.20. The molecule has 0 atom stereocenters. The van der Waals surface area contributed by atoms with Crippen LogP contribution in [-0.2, 0) is 17.8 Å². The van der Waals surface area contributed by atoms with E-state index < -0.39 is 0 Å². The lowest BCUT2D eigenvalue weighted by Gasteiger charge is -2.06. The second kappa shape index (κ2) is 7.40. The molecule has 0 spiro atoms. The van der Waals surface area contributed by atoms with Crippen molar-refractivity contribution in [2.24, 2.45) is 0 Å². The van der Waals surface area contributed by atoms with Gasteiger partial charge >= 0.3 is 0 Å². The van der Waals surface area contributed by atoms with Gasteiger partial charge in [-0.15, -0.1) is 0 Å². The number of nitrogens with zero attached hydrogens (tertiary/aromatic N) is 1. The lowest BCUT2D eigenvalue weighted by atomic mass is 10.1. The van der Waals surface area contributed by atoms with Gasteiger partial charge in [0.2, 0.25) is 0 Å². The molecule has 104 valence electrons. The summed E-state index contributed by atoms with van der Waals surface area (Å²) in [7, 11) is 1.65. The molecule has 2 rings (SSSR count). The molecule has 0 saturated carbocycles. The van der Waals surface area contributed by atoms with Crippen LogP contribution in [-0.4, -0.2) is 24.5 Å². The Kier molecular flexibility index (Phi) is 5.26. The van der Waals surface area contributed by atoms with Crippen LogP contribution >= 0.6 is 0 Å². The van der Waals surface area contributed by atoms with E-state index in [1.807, 2.05) is 42.6 Å². The molecule has 1 amide bonds. The van der Waals surface area contributed by atoms with Crippen LogP contribution in [0.1, 0.15) is 21.5 Å². The largest absolute Gasteiger partial charge is 0.380 e. The Balaban J connectivity index is 1.82. The van der Waals surface area contributed by atoms with Crippen molar-refractivity contribution < 1.29 is 9.53 Å². The van der Waals surface area contributed by atoms with E-state index in [1.165, 1.54) is 0 Å². The average Bonchev–Trinajstić information content (AvgIpc) is 2.49. The quantitative estimate of drug-likeness (QED) is 0.875. The van der Waals surface area contributed by atoms with E-state index in [0.29, 0.717) is 18.7 Å². The van der Waals surface area contributed by atoms with Gasteiger partial charge in [0, 0.05) is 31.6 Å². The highest BCUT2D eigenvalue weighted by Gasteiger charge is 2.04. The summed E-state index contributed by atoms with van der Waals surface area (Å²) in [6.07, 6.45) is 4.33. The molecule has 4 heteroatoms. The number of carbonyl (C=O) groups is 1. The molecule has 1 N–H and O–H groups in total. The number of benzene rings is 1. The number of amides is 1. The number of hydrogen-bond donors (Lipinski definition) is 1. The van der Waals surface area contributed by atoms with Gasteiger partial charge in [-0.1, -0.05) is 18.2 Å². The summed E-state index contributed by atoms with van der Waals surface area (Å²) in [5.41, 5.74) is 2.83. The van der Waals surface area contributed by atoms with Crippen molar-refractivity contribution in [3.8, 4) is 0 Å². The van der Waals surface area contributed by atoms with Crippen molar-refractivity contribution in [2.75, 3.05) is 13.7 Å². The van der Waals surface area contributed by atoms with Gasteiger partial charge < -0.3 is 10.1 Å². The predicted octanol–water partition coefficient (Wildman–Crippen LogP) is 2.20. The third kappa shape index (κ3) is 4.17.